The Labute approximate surface area is 201 Å². The van der Waals surface area contributed by atoms with Crippen LogP contribution in [0.15, 0.2) is 65.7 Å². The lowest BCUT2D eigenvalue weighted by Gasteiger charge is -2.19. The molecule has 2 heterocycles. The van der Waals surface area contributed by atoms with Gasteiger partial charge >= 0.3 is 0 Å². The zero-order valence-electron chi connectivity index (χ0n) is 19.0. The fraction of sp³-hybridized carbons (Fsp3) is 0.269. The molecule has 1 aliphatic rings. The fourth-order valence-electron chi connectivity index (χ4n) is 4.04. The maximum atomic E-state index is 13.1. The van der Waals surface area contributed by atoms with Crippen LogP contribution in [-0.2, 0) is 11.3 Å². The minimum atomic E-state index is -0.211. The monoisotopic (exact) mass is 475 g/mol. The third-order valence-corrected chi connectivity index (χ3v) is 7.24. The largest absolute Gasteiger partial charge is 0.497 e. The van der Waals surface area contributed by atoms with E-state index in [9.17, 15) is 9.59 Å². The third-order valence-electron chi connectivity index (χ3n) is 6.08. The van der Waals surface area contributed by atoms with Gasteiger partial charge in [0.05, 0.1) is 32.1 Å². The van der Waals surface area contributed by atoms with E-state index in [4.69, 9.17) is 9.47 Å². The van der Waals surface area contributed by atoms with Crippen LogP contribution in [0.5, 0.6) is 11.5 Å². The summed E-state index contributed by atoms with van der Waals surface area (Å²) < 4.78 is 12.4. The van der Waals surface area contributed by atoms with Gasteiger partial charge in [-0.3, -0.25) is 14.2 Å². The molecule has 0 bridgehead atoms. The van der Waals surface area contributed by atoms with Crippen molar-refractivity contribution < 1.29 is 14.3 Å². The molecule has 1 atom stereocenters. The van der Waals surface area contributed by atoms with Gasteiger partial charge in [-0.2, -0.15) is 0 Å². The van der Waals surface area contributed by atoms with E-state index in [1.807, 2.05) is 54.6 Å². The number of thiophene rings is 1. The normalized spacial score (nSPS) is 14.1. The van der Waals surface area contributed by atoms with Crippen LogP contribution >= 0.6 is 11.3 Å². The summed E-state index contributed by atoms with van der Waals surface area (Å²) in [6.07, 6.45) is 3.61. The molecule has 0 spiro atoms. The van der Waals surface area contributed by atoms with Crippen molar-refractivity contribution in [1.29, 1.82) is 0 Å². The highest BCUT2D eigenvalue weighted by Crippen LogP contribution is 2.41. The number of aromatic nitrogens is 2. The SMILES string of the molecule is COc1ccc(-c2cc3ncn(CC(=O)NC(c4ccc(OC)cc4)C4CC4)c(=O)c3s2)cc1. The van der Waals surface area contributed by atoms with Gasteiger partial charge in [-0.25, -0.2) is 4.98 Å². The number of hydrogen-bond donors (Lipinski definition) is 1. The quantitative estimate of drug-likeness (QED) is 0.408. The summed E-state index contributed by atoms with van der Waals surface area (Å²) in [5, 5.41) is 3.12. The van der Waals surface area contributed by atoms with Gasteiger partial charge < -0.3 is 14.8 Å². The van der Waals surface area contributed by atoms with Crippen LogP contribution in [-0.4, -0.2) is 29.7 Å². The van der Waals surface area contributed by atoms with Crippen LogP contribution in [0, 0.1) is 5.92 Å². The van der Waals surface area contributed by atoms with Gasteiger partial charge in [-0.15, -0.1) is 11.3 Å². The van der Waals surface area contributed by atoms with E-state index in [1.165, 1.54) is 22.2 Å². The van der Waals surface area contributed by atoms with E-state index in [1.54, 1.807) is 14.2 Å². The molecule has 1 saturated carbocycles. The molecule has 2 aromatic heterocycles. The highest BCUT2D eigenvalue weighted by atomic mass is 32.1. The topological polar surface area (TPSA) is 82.5 Å². The second kappa shape index (κ2) is 9.30. The Hall–Kier alpha value is -3.65. The number of hydrogen-bond acceptors (Lipinski definition) is 6. The molecular formula is C26H25N3O4S. The molecule has 2 aromatic carbocycles. The van der Waals surface area contributed by atoms with Gasteiger partial charge in [-0.05, 0) is 72.4 Å². The van der Waals surface area contributed by atoms with Crippen molar-refractivity contribution in [3.63, 3.8) is 0 Å². The Morgan fingerprint density at radius 2 is 1.74 bits per heavy atom. The number of methoxy groups -OCH3 is 2. The Kier molecular flexibility index (Phi) is 6.06. The first-order chi connectivity index (χ1) is 16.6. The molecule has 1 N–H and O–H groups in total. The highest BCUT2D eigenvalue weighted by Gasteiger charge is 2.33. The predicted molar refractivity (Wildman–Crippen MR) is 132 cm³/mol. The molecule has 4 aromatic rings. The average Bonchev–Trinajstić information content (AvgIpc) is 3.62. The molecule has 0 radical (unpaired) electrons. The summed E-state index contributed by atoms with van der Waals surface area (Å²) in [5.41, 5.74) is 2.45. The van der Waals surface area contributed by atoms with E-state index in [2.05, 4.69) is 10.3 Å². The number of carbonyl (C=O) groups excluding carboxylic acids is 1. The summed E-state index contributed by atoms with van der Waals surface area (Å²) in [4.78, 5) is 31.4. The van der Waals surface area contributed by atoms with Crippen molar-refractivity contribution in [2.45, 2.75) is 25.4 Å². The highest BCUT2D eigenvalue weighted by molar-refractivity contribution is 7.22. The van der Waals surface area contributed by atoms with Crippen LogP contribution in [0.25, 0.3) is 20.7 Å². The smallest absolute Gasteiger partial charge is 0.271 e. The molecule has 0 saturated heterocycles. The van der Waals surface area contributed by atoms with Gasteiger partial charge in [0.1, 0.15) is 22.7 Å². The van der Waals surface area contributed by atoms with Crippen molar-refractivity contribution in [3.8, 4) is 21.9 Å². The maximum absolute atomic E-state index is 13.1. The van der Waals surface area contributed by atoms with Crippen LogP contribution in [0.4, 0.5) is 0 Å². The number of amides is 1. The summed E-state index contributed by atoms with van der Waals surface area (Å²) >= 11 is 1.38. The lowest BCUT2D eigenvalue weighted by atomic mass is 10.0. The van der Waals surface area contributed by atoms with E-state index in [0.29, 0.717) is 16.1 Å². The van der Waals surface area contributed by atoms with E-state index in [0.717, 1.165) is 40.3 Å². The van der Waals surface area contributed by atoms with E-state index in [-0.39, 0.29) is 24.1 Å². The molecule has 1 unspecified atom stereocenters. The molecule has 0 aliphatic heterocycles. The fourth-order valence-corrected chi connectivity index (χ4v) is 5.11. The molecule has 1 fully saturated rings. The van der Waals surface area contributed by atoms with Crippen molar-refractivity contribution in [3.05, 3.63) is 76.8 Å². The van der Waals surface area contributed by atoms with Crippen LogP contribution in [0.1, 0.15) is 24.4 Å². The Morgan fingerprint density at radius 1 is 1.09 bits per heavy atom. The summed E-state index contributed by atoms with van der Waals surface area (Å²) in [6.45, 7) is -0.0725. The van der Waals surface area contributed by atoms with Gasteiger partial charge in [0, 0.05) is 4.88 Å². The second-order valence-corrected chi connectivity index (χ2v) is 9.44. The number of carbonyl (C=O) groups is 1. The number of rotatable bonds is 8. The zero-order chi connectivity index (χ0) is 23.7. The molecule has 1 aliphatic carbocycles. The van der Waals surface area contributed by atoms with Crippen molar-refractivity contribution in [2.75, 3.05) is 14.2 Å². The predicted octanol–water partition coefficient (Wildman–Crippen LogP) is 4.41. The second-order valence-electron chi connectivity index (χ2n) is 8.39. The van der Waals surface area contributed by atoms with E-state index < -0.39 is 0 Å². The summed E-state index contributed by atoms with van der Waals surface area (Å²) in [6, 6.07) is 17.3. The minimum Gasteiger partial charge on any atom is -0.497 e. The van der Waals surface area contributed by atoms with Gasteiger partial charge in [0.2, 0.25) is 5.91 Å². The van der Waals surface area contributed by atoms with Gasteiger partial charge in [0.25, 0.3) is 5.56 Å². The van der Waals surface area contributed by atoms with Crippen LogP contribution in [0.3, 0.4) is 0 Å². The number of ether oxygens (including phenoxy) is 2. The van der Waals surface area contributed by atoms with Crippen LogP contribution in [0.2, 0.25) is 0 Å². The Bertz CT molecular complexity index is 1370. The Balaban J connectivity index is 1.34. The lowest BCUT2D eigenvalue weighted by Crippen LogP contribution is -2.35. The molecular weight excluding hydrogens is 450 g/mol. The average molecular weight is 476 g/mol. The van der Waals surface area contributed by atoms with E-state index >= 15 is 0 Å². The standard InChI is InChI=1S/C26H25N3O4S/c1-32-19-9-5-16(6-10-19)22-13-21-25(34-22)26(31)29(15-27-21)14-23(30)28-24(17-3-4-17)18-7-11-20(33-2)12-8-18/h5-13,15,17,24H,3-4,14H2,1-2H3,(H,28,30). The molecule has 34 heavy (non-hydrogen) atoms. The molecule has 8 heteroatoms. The minimum absolute atomic E-state index is 0.0725. The lowest BCUT2D eigenvalue weighted by molar-refractivity contribution is -0.122. The zero-order valence-corrected chi connectivity index (χ0v) is 19.8. The summed E-state index contributed by atoms with van der Waals surface area (Å²) in [5.74, 6) is 1.76. The first-order valence-corrected chi connectivity index (χ1v) is 11.9. The first-order valence-electron chi connectivity index (χ1n) is 11.1. The molecule has 7 nitrogen and oxygen atoms in total. The van der Waals surface area contributed by atoms with Gasteiger partial charge in [0.15, 0.2) is 0 Å². The van der Waals surface area contributed by atoms with Crippen LogP contribution < -0.4 is 20.3 Å². The number of benzene rings is 2. The molecule has 1 amide bonds. The van der Waals surface area contributed by atoms with Crippen molar-refractivity contribution >= 4 is 27.5 Å². The maximum Gasteiger partial charge on any atom is 0.271 e. The molecule has 5 rings (SSSR count). The number of nitrogens with zero attached hydrogens (tertiary/aromatic N) is 2. The summed E-state index contributed by atoms with van der Waals surface area (Å²) in [7, 11) is 3.26. The van der Waals surface area contributed by atoms with Crippen molar-refractivity contribution in [1.82, 2.24) is 14.9 Å². The first kappa shape index (κ1) is 22.2. The van der Waals surface area contributed by atoms with Gasteiger partial charge in [-0.1, -0.05) is 12.1 Å². The number of fused-ring (bicyclic) bond motifs is 1. The third kappa shape index (κ3) is 4.54. The number of nitrogens with one attached hydrogen (secondary N) is 1. The Morgan fingerprint density at radius 3 is 2.35 bits per heavy atom. The molecule has 174 valence electrons. The van der Waals surface area contributed by atoms with Crippen molar-refractivity contribution in [2.24, 2.45) is 5.92 Å².